The van der Waals surface area contributed by atoms with Crippen molar-refractivity contribution < 1.29 is 0 Å². The van der Waals surface area contributed by atoms with Crippen LogP contribution in [0, 0.1) is 12.3 Å². The Balaban J connectivity index is 2.15. The smallest absolute Gasteiger partial charge is 0.267 e. The molecule has 1 heterocycles. The van der Waals surface area contributed by atoms with E-state index in [4.69, 9.17) is 18.0 Å². The molecule has 0 atom stereocenters. The Kier molecular flexibility index (Phi) is 2.80. The molecule has 0 aromatic carbocycles. The third kappa shape index (κ3) is 2.47. The third-order valence-corrected chi connectivity index (χ3v) is 3.14. The van der Waals surface area contributed by atoms with Gasteiger partial charge in [-0.25, -0.2) is 4.68 Å². The van der Waals surface area contributed by atoms with Gasteiger partial charge >= 0.3 is 0 Å². The molecule has 0 radical (unpaired) electrons. The van der Waals surface area contributed by atoms with E-state index < -0.39 is 0 Å². The number of aromatic nitrogens is 2. The molecule has 1 aliphatic rings. The van der Waals surface area contributed by atoms with Gasteiger partial charge in [0.25, 0.3) is 5.56 Å². The Morgan fingerprint density at radius 2 is 2.38 bits per heavy atom. The molecule has 2 N–H and O–H groups in total. The van der Waals surface area contributed by atoms with Crippen LogP contribution in [0.25, 0.3) is 0 Å². The number of nitrogens with zero attached hydrogens (tertiary/aromatic N) is 2. The molecule has 5 heteroatoms. The summed E-state index contributed by atoms with van der Waals surface area (Å²) in [7, 11) is 0. The molecule has 1 aromatic rings. The van der Waals surface area contributed by atoms with Crippen LogP contribution in [0.4, 0.5) is 0 Å². The van der Waals surface area contributed by atoms with Crippen molar-refractivity contribution in [1.82, 2.24) is 9.78 Å². The molecule has 4 nitrogen and oxygen atoms in total. The number of thiocarbonyl (C=S) groups is 1. The van der Waals surface area contributed by atoms with E-state index in [1.165, 1.54) is 4.68 Å². The van der Waals surface area contributed by atoms with E-state index in [0.717, 1.165) is 18.4 Å². The van der Waals surface area contributed by atoms with Crippen LogP contribution in [0.15, 0.2) is 17.1 Å². The van der Waals surface area contributed by atoms with Crippen molar-refractivity contribution in [3.05, 3.63) is 28.2 Å². The molecule has 0 spiro atoms. The average Bonchev–Trinajstić information content (AvgIpc) is 2.89. The molecule has 16 heavy (non-hydrogen) atoms. The van der Waals surface area contributed by atoms with Crippen molar-refractivity contribution in [1.29, 1.82) is 0 Å². The van der Waals surface area contributed by atoms with Crippen LogP contribution in [0.1, 0.15) is 24.8 Å². The maximum atomic E-state index is 11.7. The average molecular weight is 237 g/mol. The summed E-state index contributed by atoms with van der Waals surface area (Å²) in [4.78, 5) is 12.2. The standard InChI is InChI=1S/C11H15N3OS/c1-8-4-10(15)14(13-6-8)7-11(2-3-11)5-9(12)16/h4,6H,2-3,5,7H2,1H3,(H2,12,16). The van der Waals surface area contributed by atoms with Crippen LogP contribution in [-0.2, 0) is 6.54 Å². The van der Waals surface area contributed by atoms with E-state index in [9.17, 15) is 4.79 Å². The van der Waals surface area contributed by atoms with E-state index in [2.05, 4.69) is 5.10 Å². The minimum Gasteiger partial charge on any atom is -0.393 e. The van der Waals surface area contributed by atoms with Gasteiger partial charge in [0.1, 0.15) is 0 Å². The minimum atomic E-state index is -0.0470. The first kappa shape index (κ1) is 11.3. The molecular formula is C11H15N3OS. The first-order chi connectivity index (χ1) is 7.51. The van der Waals surface area contributed by atoms with Crippen molar-refractivity contribution in [2.24, 2.45) is 11.1 Å². The number of hydrogen-bond acceptors (Lipinski definition) is 3. The first-order valence-electron chi connectivity index (χ1n) is 5.33. The van der Waals surface area contributed by atoms with Gasteiger partial charge in [-0.15, -0.1) is 0 Å². The lowest BCUT2D eigenvalue weighted by atomic mass is 10.0. The molecule has 0 saturated heterocycles. The predicted molar refractivity (Wildman–Crippen MR) is 66.3 cm³/mol. The molecule has 0 unspecified atom stereocenters. The Morgan fingerprint density at radius 1 is 1.69 bits per heavy atom. The molecular weight excluding hydrogens is 222 g/mol. The Hall–Kier alpha value is -1.23. The molecule has 0 bridgehead atoms. The fourth-order valence-corrected chi connectivity index (χ4v) is 2.20. The summed E-state index contributed by atoms with van der Waals surface area (Å²) in [6, 6.07) is 1.60. The highest BCUT2D eigenvalue weighted by molar-refractivity contribution is 7.80. The molecule has 0 amide bonds. The van der Waals surface area contributed by atoms with Crippen molar-refractivity contribution in [2.75, 3.05) is 0 Å². The summed E-state index contributed by atoms with van der Waals surface area (Å²) in [5, 5.41) is 4.13. The number of aryl methyl sites for hydroxylation is 1. The van der Waals surface area contributed by atoms with Crippen molar-refractivity contribution in [3.8, 4) is 0 Å². The normalized spacial score (nSPS) is 17.1. The molecule has 0 aliphatic heterocycles. The lowest BCUT2D eigenvalue weighted by Crippen LogP contribution is -2.28. The van der Waals surface area contributed by atoms with Gasteiger partial charge in [0.15, 0.2) is 0 Å². The fraction of sp³-hybridized carbons (Fsp3) is 0.545. The lowest BCUT2D eigenvalue weighted by Gasteiger charge is -2.14. The summed E-state index contributed by atoms with van der Waals surface area (Å²) in [5.74, 6) is 0. The van der Waals surface area contributed by atoms with Gasteiger partial charge in [0, 0.05) is 12.5 Å². The summed E-state index contributed by atoms with van der Waals surface area (Å²) in [6.07, 6.45) is 4.57. The maximum Gasteiger partial charge on any atom is 0.267 e. The first-order valence-corrected chi connectivity index (χ1v) is 5.74. The second-order valence-electron chi connectivity index (χ2n) is 4.67. The zero-order valence-electron chi connectivity index (χ0n) is 9.27. The lowest BCUT2D eigenvalue weighted by molar-refractivity contribution is 0.396. The number of hydrogen-bond donors (Lipinski definition) is 1. The van der Waals surface area contributed by atoms with Gasteiger partial charge in [-0.1, -0.05) is 12.2 Å². The van der Waals surface area contributed by atoms with Gasteiger partial charge in [0.05, 0.1) is 17.7 Å². The van der Waals surface area contributed by atoms with E-state index in [-0.39, 0.29) is 11.0 Å². The molecule has 1 fully saturated rings. The summed E-state index contributed by atoms with van der Waals surface area (Å²) >= 11 is 4.92. The summed E-state index contributed by atoms with van der Waals surface area (Å²) in [5.41, 5.74) is 6.50. The topological polar surface area (TPSA) is 60.9 Å². The zero-order chi connectivity index (χ0) is 11.8. The molecule has 1 aromatic heterocycles. The van der Waals surface area contributed by atoms with E-state index >= 15 is 0 Å². The van der Waals surface area contributed by atoms with Crippen LogP contribution < -0.4 is 11.3 Å². The Bertz CT molecular complexity index is 476. The predicted octanol–water partition coefficient (Wildman–Crippen LogP) is 1.01. The van der Waals surface area contributed by atoms with Crippen LogP contribution in [0.2, 0.25) is 0 Å². The van der Waals surface area contributed by atoms with Crippen LogP contribution in [0.5, 0.6) is 0 Å². The molecule has 86 valence electrons. The Labute approximate surface area is 99.5 Å². The van der Waals surface area contributed by atoms with Crippen molar-refractivity contribution in [3.63, 3.8) is 0 Å². The maximum absolute atomic E-state index is 11.7. The van der Waals surface area contributed by atoms with Crippen LogP contribution in [-0.4, -0.2) is 14.8 Å². The highest BCUT2D eigenvalue weighted by Crippen LogP contribution is 2.49. The minimum absolute atomic E-state index is 0.0470. The van der Waals surface area contributed by atoms with Crippen molar-refractivity contribution in [2.45, 2.75) is 32.7 Å². The van der Waals surface area contributed by atoms with E-state index in [1.807, 2.05) is 6.92 Å². The second-order valence-corrected chi connectivity index (χ2v) is 5.20. The highest BCUT2D eigenvalue weighted by atomic mass is 32.1. The van der Waals surface area contributed by atoms with Crippen LogP contribution in [0.3, 0.4) is 0 Å². The van der Waals surface area contributed by atoms with E-state index in [1.54, 1.807) is 12.3 Å². The number of rotatable bonds is 4. The zero-order valence-corrected chi connectivity index (χ0v) is 10.1. The fourth-order valence-electron chi connectivity index (χ4n) is 1.90. The van der Waals surface area contributed by atoms with E-state index in [0.29, 0.717) is 18.0 Å². The van der Waals surface area contributed by atoms with Crippen molar-refractivity contribution >= 4 is 17.2 Å². The van der Waals surface area contributed by atoms with Gasteiger partial charge < -0.3 is 5.73 Å². The van der Waals surface area contributed by atoms with Crippen LogP contribution >= 0.6 is 12.2 Å². The van der Waals surface area contributed by atoms with Gasteiger partial charge in [-0.3, -0.25) is 4.79 Å². The quantitative estimate of drug-likeness (QED) is 0.794. The Morgan fingerprint density at radius 3 is 2.88 bits per heavy atom. The largest absolute Gasteiger partial charge is 0.393 e. The van der Waals surface area contributed by atoms with Gasteiger partial charge in [0.2, 0.25) is 0 Å². The number of nitrogens with two attached hydrogens (primary N) is 1. The molecule has 1 aliphatic carbocycles. The summed E-state index contributed by atoms with van der Waals surface area (Å²) in [6.45, 7) is 2.49. The highest BCUT2D eigenvalue weighted by Gasteiger charge is 2.43. The summed E-state index contributed by atoms with van der Waals surface area (Å²) < 4.78 is 1.51. The molecule has 1 saturated carbocycles. The monoisotopic (exact) mass is 237 g/mol. The second kappa shape index (κ2) is 3.97. The SMILES string of the molecule is Cc1cnn(CC2(CC(N)=S)CC2)c(=O)c1. The van der Waals surface area contributed by atoms with Gasteiger partial charge in [-0.2, -0.15) is 5.10 Å². The molecule has 2 rings (SSSR count). The van der Waals surface area contributed by atoms with Gasteiger partial charge in [-0.05, 0) is 30.7 Å². The third-order valence-electron chi connectivity index (χ3n) is 3.00.